The first-order chi connectivity index (χ1) is 15.1. The standard InChI is InChI=1S/C25H24O6/c1-3-29-25(27)21-13-14-22(30-16-18-7-5-4-6-8-18)23(15-21)31-17-19-9-11-20(12-10-19)24(26)28-2/h4-15H,3,16-17H2,1-2H3. The maximum atomic E-state index is 12.1. The minimum absolute atomic E-state index is 0.232. The first-order valence-corrected chi connectivity index (χ1v) is 9.88. The van der Waals surface area contributed by atoms with Crippen molar-refractivity contribution in [2.24, 2.45) is 0 Å². The summed E-state index contributed by atoms with van der Waals surface area (Å²) in [4.78, 5) is 23.7. The Labute approximate surface area is 181 Å². The van der Waals surface area contributed by atoms with Crippen LogP contribution in [-0.4, -0.2) is 25.7 Å². The maximum absolute atomic E-state index is 12.1. The van der Waals surface area contributed by atoms with Crippen LogP contribution in [0.25, 0.3) is 0 Å². The van der Waals surface area contributed by atoms with Gasteiger partial charge >= 0.3 is 11.9 Å². The second-order valence-electron chi connectivity index (χ2n) is 6.63. The molecule has 0 unspecified atom stereocenters. The molecule has 0 N–H and O–H groups in total. The first-order valence-electron chi connectivity index (χ1n) is 9.88. The average molecular weight is 420 g/mol. The summed E-state index contributed by atoms with van der Waals surface area (Å²) in [5.41, 5.74) is 2.71. The molecule has 0 aliphatic carbocycles. The Morgan fingerprint density at radius 1 is 0.710 bits per heavy atom. The summed E-state index contributed by atoms with van der Waals surface area (Å²) in [5, 5.41) is 0. The Morgan fingerprint density at radius 2 is 1.32 bits per heavy atom. The van der Waals surface area contributed by atoms with Gasteiger partial charge in [0.25, 0.3) is 0 Å². The number of methoxy groups -OCH3 is 1. The molecule has 0 aliphatic rings. The lowest BCUT2D eigenvalue weighted by Crippen LogP contribution is -2.07. The van der Waals surface area contributed by atoms with E-state index >= 15 is 0 Å². The molecule has 6 heteroatoms. The summed E-state index contributed by atoms with van der Waals surface area (Å²) in [6.45, 7) is 2.64. The highest BCUT2D eigenvalue weighted by Gasteiger charge is 2.13. The molecule has 3 aromatic rings. The number of hydrogen-bond acceptors (Lipinski definition) is 6. The zero-order valence-corrected chi connectivity index (χ0v) is 17.5. The molecule has 3 aromatic carbocycles. The second kappa shape index (κ2) is 10.8. The van der Waals surface area contributed by atoms with Crippen molar-refractivity contribution in [3.63, 3.8) is 0 Å². The zero-order chi connectivity index (χ0) is 22.1. The number of hydrogen-bond donors (Lipinski definition) is 0. The van der Waals surface area contributed by atoms with E-state index in [-0.39, 0.29) is 13.2 Å². The van der Waals surface area contributed by atoms with Gasteiger partial charge in [0.1, 0.15) is 13.2 Å². The molecule has 6 nitrogen and oxygen atoms in total. The van der Waals surface area contributed by atoms with E-state index in [2.05, 4.69) is 0 Å². The fraction of sp³-hybridized carbons (Fsp3) is 0.200. The Hall–Kier alpha value is -3.80. The van der Waals surface area contributed by atoms with Crippen molar-refractivity contribution in [3.05, 3.63) is 95.1 Å². The normalized spacial score (nSPS) is 10.3. The van der Waals surface area contributed by atoms with Gasteiger partial charge in [0.05, 0.1) is 24.8 Å². The van der Waals surface area contributed by atoms with Crippen LogP contribution in [0.1, 0.15) is 38.8 Å². The topological polar surface area (TPSA) is 71.1 Å². The van der Waals surface area contributed by atoms with E-state index in [4.69, 9.17) is 18.9 Å². The van der Waals surface area contributed by atoms with Crippen LogP contribution >= 0.6 is 0 Å². The van der Waals surface area contributed by atoms with E-state index in [9.17, 15) is 9.59 Å². The fourth-order valence-electron chi connectivity index (χ4n) is 2.83. The molecule has 0 saturated carbocycles. The number of ether oxygens (including phenoxy) is 4. The van der Waals surface area contributed by atoms with E-state index < -0.39 is 11.9 Å². The molecule has 0 saturated heterocycles. The average Bonchev–Trinajstić information content (AvgIpc) is 2.82. The smallest absolute Gasteiger partial charge is 0.338 e. The lowest BCUT2D eigenvalue weighted by molar-refractivity contribution is 0.0524. The number of carbonyl (C=O) groups is 2. The van der Waals surface area contributed by atoms with Gasteiger partial charge in [-0.3, -0.25) is 0 Å². The van der Waals surface area contributed by atoms with Crippen molar-refractivity contribution in [1.29, 1.82) is 0 Å². The van der Waals surface area contributed by atoms with Crippen LogP contribution in [0, 0.1) is 0 Å². The molecule has 0 aromatic heterocycles. The van der Waals surface area contributed by atoms with Crippen LogP contribution in [0.3, 0.4) is 0 Å². The van der Waals surface area contributed by atoms with Gasteiger partial charge in [-0.05, 0) is 48.4 Å². The van der Waals surface area contributed by atoms with Crippen LogP contribution in [0.4, 0.5) is 0 Å². The molecule has 0 aliphatic heterocycles. The molecule has 3 rings (SSSR count). The second-order valence-corrected chi connectivity index (χ2v) is 6.63. The highest BCUT2D eigenvalue weighted by molar-refractivity contribution is 5.90. The molecular weight excluding hydrogens is 396 g/mol. The van der Waals surface area contributed by atoms with Gasteiger partial charge in [-0.2, -0.15) is 0 Å². The third kappa shape index (κ3) is 6.09. The maximum Gasteiger partial charge on any atom is 0.338 e. The lowest BCUT2D eigenvalue weighted by Gasteiger charge is -2.14. The third-order valence-corrected chi connectivity index (χ3v) is 4.46. The van der Waals surface area contributed by atoms with Crippen LogP contribution < -0.4 is 9.47 Å². The van der Waals surface area contributed by atoms with Crippen LogP contribution in [-0.2, 0) is 22.7 Å². The first kappa shape index (κ1) is 21.9. The summed E-state index contributed by atoms with van der Waals surface area (Å²) in [7, 11) is 1.34. The van der Waals surface area contributed by atoms with Gasteiger partial charge in [0.2, 0.25) is 0 Å². The van der Waals surface area contributed by atoms with E-state index in [1.165, 1.54) is 7.11 Å². The zero-order valence-electron chi connectivity index (χ0n) is 17.5. The molecule has 31 heavy (non-hydrogen) atoms. The van der Waals surface area contributed by atoms with Crippen LogP contribution in [0.2, 0.25) is 0 Å². The quantitative estimate of drug-likeness (QED) is 0.463. The van der Waals surface area contributed by atoms with Crippen LogP contribution in [0.5, 0.6) is 11.5 Å². The van der Waals surface area contributed by atoms with Gasteiger partial charge in [-0.1, -0.05) is 42.5 Å². The number of esters is 2. The number of carbonyl (C=O) groups excluding carboxylic acids is 2. The van der Waals surface area contributed by atoms with Gasteiger partial charge in [0.15, 0.2) is 11.5 Å². The predicted octanol–water partition coefficient (Wildman–Crippen LogP) is 4.81. The van der Waals surface area contributed by atoms with Crippen molar-refractivity contribution in [3.8, 4) is 11.5 Å². The molecule has 0 fully saturated rings. The van der Waals surface area contributed by atoms with E-state index in [0.29, 0.717) is 29.2 Å². The van der Waals surface area contributed by atoms with Gasteiger partial charge in [-0.15, -0.1) is 0 Å². The van der Waals surface area contributed by atoms with Gasteiger partial charge < -0.3 is 18.9 Å². The summed E-state index contributed by atoms with van der Waals surface area (Å²) < 4.78 is 21.7. The lowest BCUT2D eigenvalue weighted by atomic mass is 10.1. The Kier molecular flexibility index (Phi) is 7.65. The molecule has 0 radical (unpaired) electrons. The molecule has 0 heterocycles. The van der Waals surface area contributed by atoms with Crippen LogP contribution in [0.15, 0.2) is 72.8 Å². The van der Waals surface area contributed by atoms with E-state index in [0.717, 1.165) is 11.1 Å². The fourth-order valence-corrected chi connectivity index (χ4v) is 2.83. The molecule has 0 bridgehead atoms. The Morgan fingerprint density at radius 3 is 1.97 bits per heavy atom. The Balaban J connectivity index is 1.76. The van der Waals surface area contributed by atoms with Crippen molar-refractivity contribution >= 4 is 11.9 Å². The van der Waals surface area contributed by atoms with Crippen molar-refractivity contribution < 1.29 is 28.5 Å². The van der Waals surface area contributed by atoms with E-state index in [1.807, 2.05) is 30.3 Å². The summed E-state index contributed by atoms with van der Waals surface area (Å²) in [6.07, 6.45) is 0. The highest BCUT2D eigenvalue weighted by atomic mass is 16.5. The monoisotopic (exact) mass is 420 g/mol. The molecule has 0 spiro atoms. The Bertz CT molecular complexity index is 1010. The predicted molar refractivity (Wildman–Crippen MR) is 115 cm³/mol. The highest BCUT2D eigenvalue weighted by Crippen LogP contribution is 2.30. The summed E-state index contributed by atoms with van der Waals surface area (Å²) >= 11 is 0. The number of benzene rings is 3. The minimum atomic E-state index is -0.426. The molecular formula is C25H24O6. The largest absolute Gasteiger partial charge is 0.485 e. The van der Waals surface area contributed by atoms with Crippen molar-refractivity contribution in [2.75, 3.05) is 13.7 Å². The molecule has 160 valence electrons. The SMILES string of the molecule is CCOC(=O)c1ccc(OCc2ccccc2)c(OCc2ccc(C(=O)OC)cc2)c1. The van der Waals surface area contributed by atoms with E-state index in [1.54, 1.807) is 49.4 Å². The van der Waals surface area contributed by atoms with Crippen molar-refractivity contribution in [1.82, 2.24) is 0 Å². The van der Waals surface area contributed by atoms with Crippen molar-refractivity contribution in [2.45, 2.75) is 20.1 Å². The van der Waals surface area contributed by atoms with Gasteiger partial charge in [-0.25, -0.2) is 9.59 Å². The summed E-state index contributed by atoms with van der Waals surface area (Å²) in [6, 6.07) is 21.6. The summed E-state index contributed by atoms with van der Waals surface area (Å²) in [5.74, 6) is 0.122. The molecule has 0 atom stereocenters. The third-order valence-electron chi connectivity index (χ3n) is 4.46. The minimum Gasteiger partial charge on any atom is -0.485 e. The number of rotatable bonds is 9. The molecule has 0 amide bonds. The van der Waals surface area contributed by atoms with Gasteiger partial charge in [0, 0.05) is 0 Å².